The van der Waals surface area contributed by atoms with Crippen LogP contribution in [0.1, 0.15) is 28.4 Å². The summed E-state index contributed by atoms with van der Waals surface area (Å²) >= 11 is 1.53. The number of hydrogen-bond acceptors (Lipinski definition) is 3. The van der Waals surface area contributed by atoms with Crippen LogP contribution in [0.15, 0.2) is 36.4 Å². The molecule has 0 aliphatic rings. The summed E-state index contributed by atoms with van der Waals surface area (Å²) in [5, 5.41) is 9.52. The number of phenolic OH excluding ortho intramolecular Hbond substituents is 1. The van der Waals surface area contributed by atoms with Crippen LogP contribution in [0.2, 0.25) is 0 Å². The summed E-state index contributed by atoms with van der Waals surface area (Å²) < 4.78 is 0. The van der Waals surface area contributed by atoms with Crippen molar-refractivity contribution in [3.05, 3.63) is 46.2 Å². The van der Waals surface area contributed by atoms with Gasteiger partial charge in [-0.2, -0.15) is 0 Å². The fourth-order valence-corrected chi connectivity index (χ4v) is 2.82. The number of aromatic hydroxyl groups is 1. The van der Waals surface area contributed by atoms with Crippen molar-refractivity contribution in [2.75, 3.05) is 11.4 Å². The summed E-state index contributed by atoms with van der Waals surface area (Å²) in [4.78, 5) is 16.1. The molecule has 0 saturated carbocycles. The van der Waals surface area contributed by atoms with Crippen molar-refractivity contribution in [1.29, 1.82) is 0 Å². The summed E-state index contributed by atoms with van der Waals surface area (Å²) in [5.41, 5.74) is 0.721. The minimum Gasteiger partial charge on any atom is -0.508 e. The van der Waals surface area contributed by atoms with E-state index in [4.69, 9.17) is 0 Å². The van der Waals surface area contributed by atoms with E-state index >= 15 is 0 Å². The zero-order chi connectivity index (χ0) is 13.8. The SMILES string of the molecule is CCc1ccc(C(=O)N(CC)c2cccc(O)c2)s1. The van der Waals surface area contributed by atoms with Gasteiger partial charge in [0.2, 0.25) is 0 Å². The molecule has 1 amide bonds. The van der Waals surface area contributed by atoms with Crippen LogP contribution in [-0.4, -0.2) is 17.6 Å². The van der Waals surface area contributed by atoms with Gasteiger partial charge in [-0.25, -0.2) is 0 Å². The topological polar surface area (TPSA) is 40.5 Å². The first-order chi connectivity index (χ1) is 9.15. The molecule has 1 aromatic heterocycles. The number of benzene rings is 1. The number of thiophene rings is 1. The van der Waals surface area contributed by atoms with Gasteiger partial charge in [0.15, 0.2) is 0 Å². The van der Waals surface area contributed by atoms with Gasteiger partial charge in [0.05, 0.1) is 4.88 Å². The largest absolute Gasteiger partial charge is 0.508 e. The molecule has 100 valence electrons. The van der Waals surface area contributed by atoms with Crippen molar-refractivity contribution in [2.45, 2.75) is 20.3 Å². The van der Waals surface area contributed by atoms with Crippen molar-refractivity contribution < 1.29 is 9.90 Å². The first-order valence-corrected chi connectivity index (χ1v) is 7.17. The Morgan fingerprint density at radius 3 is 2.63 bits per heavy atom. The van der Waals surface area contributed by atoms with Gasteiger partial charge < -0.3 is 10.0 Å². The van der Waals surface area contributed by atoms with Gasteiger partial charge in [-0.3, -0.25) is 4.79 Å². The number of phenols is 1. The van der Waals surface area contributed by atoms with E-state index in [0.29, 0.717) is 6.54 Å². The number of carbonyl (C=O) groups is 1. The molecule has 2 rings (SSSR count). The third kappa shape index (κ3) is 2.96. The highest BCUT2D eigenvalue weighted by Gasteiger charge is 2.18. The number of aryl methyl sites for hydroxylation is 1. The Morgan fingerprint density at radius 2 is 2.05 bits per heavy atom. The van der Waals surface area contributed by atoms with Crippen LogP contribution >= 0.6 is 11.3 Å². The van der Waals surface area contributed by atoms with Crippen LogP contribution in [0, 0.1) is 0 Å². The Kier molecular flexibility index (Phi) is 4.22. The number of nitrogens with zero attached hydrogens (tertiary/aromatic N) is 1. The van der Waals surface area contributed by atoms with Gasteiger partial charge in [-0.05, 0) is 37.6 Å². The third-order valence-electron chi connectivity index (χ3n) is 2.92. The van der Waals surface area contributed by atoms with Crippen LogP contribution < -0.4 is 4.90 Å². The molecule has 19 heavy (non-hydrogen) atoms. The lowest BCUT2D eigenvalue weighted by atomic mass is 10.2. The highest BCUT2D eigenvalue weighted by molar-refractivity contribution is 7.14. The predicted octanol–water partition coefficient (Wildman–Crippen LogP) is 3.68. The lowest BCUT2D eigenvalue weighted by Gasteiger charge is -2.20. The molecule has 0 spiro atoms. The first-order valence-electron chi connectivity index (χ1n) is 6.35. The van der Waals surface area contributed by atoms with E-state index in [2.05, 4.69) is 6.92 Å². The van der Waals surface area contributed by atoms with Crippen molar-refractivity contribution in [1.82, 2.24) is 0 Å². The van der Waals surface area contributed by atoms with Gasteiger partial charge in [-0.15, -0.1) is 11.3 Å². The Bertz CT molecular complexity index is 577. The highest BCUT2D eigenvalue weighted by atomic mass is 32.1. The van der Waals surface area contributed by atoms with Gasteiger partial charge in [-0.1, -0.05) is 13.0 Å². The Hall–Kier alpha value is -1.81. The van der Waals surface area contributed by atoms with Crippen LogP contribution in [0.25, 0.3) is 0 Å². The minimum atomic E-state index is -0.0159. The van der Waals surface area contributed by atoms with E-state index < -0.39 is 0 Å². The summed E-state index contributed by atoms with van der Waals surface area (Å²) in [5.74, 6) is 0.155. The highest BCUT2D eigenvalue weighted by Crippen LogP contribution is 2.24. The monoisotopic (exact) mass is 275 g/mol. The molecule has 0 atom stereocenters. The molecule has 0 saturated heterocycles. The van der Waals surface area contributed by atoms with E-state index in [9.17, 15) is 9.90 Å². The van der Waals surface area contributed by atoms with Gasteiger partial charge >= 0.3 is 0 Å². The second-order valence-corrected chi connectivity index (χ2v) is 5.36. The normalized spacial score (nSPS) is 10.4. The lowest BCUT2D eigenvalue weighted by molar-refractivity contribution is 0.0992. The molecule has 1 heterocycles. The standard InChI is InChI=1S/C15H17NO2S/c1-3-13-8-9-14(19-13)15(18)16(4-2)11-6-5-7-12(17)10-11/h5-10,17H,3-4H2,1-2H3. The summed E-state index contributed by atoms with van der Waals surface area (Å²) in [7, 11) is 0. The predicted molar refractivity (Wildman–Crippen MR) is 79.2 cm³/mol. The number of amides is 1. The lowest BCUT2D eigenvalue weighted by Crippen LogP contribution is -2.29. The van der Waals surface area contributed by atoms with Crippen molar-refractivity contribution in [3.8, 4) is 5.75 Å². The van der Waals surface area contributed by atoms with Crippen LogP contribution in [0.4, 0.5) is 5.69 Å². The zero-order valence-electron chi connectivity index (χ0n) is 11.1. The molecule has 2 aromatic rings. The van der Waals surface area contributed by atoms with E-state index in [0.717, 1.165) is 17.0 Å². The van der Waals surface area contributed by atoms with Gasteiger partial charge in [0.1, 0.15) is 5.75 Å². The number of anilines is 1. The van der Waals surface area contributed by atoms with E-state index in [1.807, 2.05) is 25.1 Å². The Labute approximate surface area is 117 Å². The van der Waals surface area contributed by atoms with Crippen LogP contribution in [0.3, 0.4) is 0 Å². The Balaban J connectivity index is 2.29. The zero-order valence-corrected chi connectivity index (χ0v) is 11.9. The van der Waals surface area contributed by atoms with Crippen molar-refractivity contribution in [3.63, 3.8) is 0 Å². The van der Waals surface area contributed by atoms with E-state index in [1.54, 1.807) is 23.1 Å². The quantitative estimate of drug-likeness (QED) is 0.924. The van der Waals surface area contributed by atoms with Crippen LogP contribution in [0.5, 0.6) is 5.75 Å². The molecule has 1 aromatic carbocycles. The fraction of sp³-hybridized carbons (Fsp3) is 0.267. The van der Waals surface area contributed by atoms with E-state index in [-0.39, 0.29) is 11.7 Å². The number of hydrogen-bond donors (Lipinski definition) is 1. The maximum atomic E-state index is 12.5. The summed E-state index contributed by atoms with van der Waals surface area (Å²) in [6, 6.07) is 10.6. The summed E-state index contributed by atoms with van der Waals surface area (Å²) in [6.45, 7) is 4.57. The van der Waals surface area contributed by atoms with Crippen molar-refractivity contribution in [2.24, 2.45) is 0 Å². The number of carbonyl (C=O) groups excluding carboxylic acids is 1. The molecule has 0 unspecified atom stereocenters. The minimum absolute atomic E-state index is 0.0159. The molecular formula is C15H17NO2S. The second kappa shape index (κ2) is 5.89. The van der Waals surface area contributed by atoms with Gasteiger partial charge in [0, 0.05) is 23.2 Å². The molecule has 0 aliphatic heterocycles. The summed E-state index contributed by atoms with van der Waals surface area (Å²) in [6.07, 6.45) is 0.941. The smallest absolute Gasteiger partial charge is 0.268 e. The van der Waals surface area contributed by atoms with Crippen LogP contribution in [-0.2, 0) is 6.42 Å². The second-order valence-electron chi connectivity index (χ2n) is 4.19. The maximum absolute atomic E-state index is 12.5. The molecule has 0 aliphatic carbocycles. The van der Waals surface area contributed by atoms with Gasteiger partial charge in [0.25, 0.3) is 5.91 Å². The number of rotatable bonds is 4. The third-order valence-corrected chi connectivity index (χ3v) is 4.14. The molecule has 4 heteroatoms. The maximum Gasteiger partial charge on any atom is 0.268 e. The van der Waals surface area contributed by atoms with Crippen molar-refractivity contribution >= 4 is 22.9 Å². The molecule has 0 fully saturated rings. The molecular weight excluding hydrogens is 258 g/mol. The Morgan fingerprint density at radius 1 is 1.26 bits per heavy atom. The molecule has 0 radical (unpaired) electrons. The first kappa shape index (κ1) is 13.6. The molecule has 3 nitrogen and oxygen atoms in total. The average molecular weight is 275 g/mol. The molecule has 1 N–H and O–H groups in total. The van der Waals surface area contributed by atoms with E-state index in [1.165, 1.54) is 16.2 Å². The molecule has 0 bridgehead atoms. The average Bonchev–Trinajstić information content (AvgIpc) is 2.88. The fourth-order valence-electron chi connectivity index (χ4n) is 1.92.